The van der Waals surface area contributed by atoms with Crippen molar-refractivity contribution >= 4 is 16.0 Å². The molecular weight excluding hydrogens is 274 g/mol. The van der Waals surface area contributed by atoms with Crippen LogP contribution in [0.2, 0.25) is 0 Å². The fourth-order valence-electron chi connectivity index (χ4n) is 1.94. The Morgan fingerprint density at radius 3 is 2.58 bits per heavy atom. The summed E-state index contributed by atoms with van der Waals surface area (Å²) in [7, 11) is -3.77. The first-order valence-electron chi connectivity index (χ1n) is 5.84. The number of sulfonamides is 1. The van der Waals surface area contributed by atoms with Crippen LogP contribution in [0.3, 0.4) is 0 Å². The summed E-state index contributed by atoms with van der Waals surface area (Å²) in [5.41, 5.74) is 0. The van der Waals surface area contributed by atoms with Crippen molar-refractivity contribution in [2.24, 2.45) is 0 Å². The van der Waals surface area contributed by atoms with E-state index in [9.17, 15) is 13.2 Å². The molecule has 0 radical (unpaired) electrons. The molecule has 0 bridgehead atoms. The summed E-state index contributed by atoms with van der Waals surface area (Å²) in [5, 5.41) is 8.78. The molecule has 1 aliphatic heterocycles. The summed E-state index contributed by atoms with van der Waals surface area (Å²) in [6, 6.07) is 0.834. The Morgan fingerprint density at radius 2 is 2.05 bits per heavy atom. The third-order valence-electron chi connectivity index (χ3n) is 2.92. The maximum absolute atomic E-state index is 12.2. The molecule has 0 saturated carbocycles. The zero-order valence-electron chi connectivity index (χ0n) is 10.4. The number of rotatable bonds is 4. The van der Waals surface area contributed by atoms with Crippen LogP contribution in [-0.4, -0.2) is 38.7 Å². The first-order chi connectivity index (χ1) is 8.90. The molecular formula is C11H15NO6S. The molecule has 0 amide bonds. The minimum absolute atomic E-state index is 0.0666. The highest BCUT2D eigenvalue weighted by Crippen LogP contribution is 2.21. The topological polar surface area (TPSA) is 106 Å². The fraction of sp³-hybridized carbons (Fsp3) is 0.545. The van der Waals surface area contributed by atoms with Crippen molar-refractivity contribution in [3.63, 3.8) is 0 Å². The van der Waals surface area contributed by atoms with Gasteiger partial charge in [-0.25, -0.2) is 17.9 Å². The van der Waals surface area contributed by atoms with Crippen molar-refractivity contribution in [1.82, 2.24) is 4.72 Å². The van der Waals surface area contributed by atoms with Crippen molar-refractivity contribution in [2.75, 3.05) is 13.2 Å². The maximum Gasteiger partial charge on any atom is 0.371 e. The third kappa shape index (κ3) is 3.14. The average molecular weight is 289 g/mol. The lowest BCUT2D eigenvalue weighted by Gasteiger charge is -2.22. The summed E-state index contributed by atoms with van der Waals surface area (Å²) in [4.78, 5) is 10.6. The second-order valence-electron chi connectivity index (χ2n) is 4.34. The number of furan rings is 1. The number of aromatic carboxylic acids is 1. The van der Waals surface area contributed by atoms with Crippen molar-refractivity contribution < 1.29 is 27.5 Å². The summed E-state index contributed by atoms with van der Waals surface area (Å²) in [5.74, 6) is -1.61. The maximum atomic E-state index is 12.2. The number of nitrogens with one attached hydrogen (secondary N) is 1. The molecule has 0 atom stereocenters. The Balaban J connectivity index is 2.21. The van der Waals surface area contributed by atoms with Crippen LogP contribution in [0.5, 0.6) is 0 Å². The van der Waals surface area contributed by atoms with Crippen LogP contribution in [0.4, 0.5) is 0 Å². The van der Waals surface area contributed by atoms with Crippen molar-refractivity contribution in [3.05, 3.63) is 17.6 Å². The van der Waals surface area contributed by atoms with E-state index in [4.69, 9.17) is 14.3 Å². The number of aryl methyl sites for hydroxylation is 1. The molecule has 1 aliphatic rings. The summed E-state index contributed by atoms with van der Waals surface area (Å²) >= 11 is 0. The molecule has 8 heteroatoms. The van der Waals surface area contributed by atoms with Crippen molar-refractivity contribution in [3.8, 4) is 0 Å². The lowest BCUT2D eigenvalue weighted by molar-refractivity contribution is 0.0661. The zero-order valence-corrected chi connectivity index (χ0v) is 11.2. The van der Waals surface area contributed by atoms with Gasteiger partial charge in [-0.3, -0.25) is 0 Å². The second kappa shape index (κ2) is 5.32. The van der Waals surface area contributed by atoms with E-state index in [0.717, 1.165) is 6.07 Å². The van der Waals surface area contributed by atoms with Gasteiger partial charge in [-0.05, 0) is 19.8 Å². The second-order valence-corrected chi connectivity index (χ2v) is 6.03. The highest BCUT2D eigenvalue weighted by molar-refractivity contribution is 7.89. The van der Waals surface area contributed by atoms with Crippen LogP contribution in [0.1, 0.15) is 29.2 Å². The smallest absolute Gasteiger partial charge is 0.371 e. The van der Waals surface area contributed by atoms with Crippen LogP contribution < -0.4 is 4.72 Å². The van der Waals surface area contributed by atoms with E-state index in [1.807, 2.05) is 0 Å². The highest BCUT2D eigenvalue weighted by atomic mass is 32.2. The number of ether oxygens (including phenoxy) is 1. The average Bonchev–Trinajstić information content (AvgIpc) is 2.73. The number of carboxylic acid groups (broad SMARTS) is 1. The van der Waals surface area contributed by atoms with Gasteiger partial charge < -0.3 is 14.3 Å². The molecule has 2 N–H and O–H groups in total. The number of carboxylic acids is 1. The van der Waals surface area contributed by atoms with Crippen LogP contribution in [0.15, 0.2) is 15.4 Å². The third-order valence-corrected chi connectivity index (χ3v) is 4.54. The Morgan fingerprint density at radius 1 is 1.42 bits per heavy atom. The fourth-order valence-corrected chi connectivity index (χ4v) is 3.42. The van der Waals surface area contributed by atoms with E-state index >= 15 is 0 Å². The van der Waals surface area contributed by atoms with Gasteiger partial charge in [0.25, 0.3) is 0 Å². The molecule has 0 spiro atoms. The van der Waals surface area contributed by atoms with E-state index in [0.29, 0.717) is 26.1 Å². The molecule has 2 rings (SSSR count). The molecule has 1 saturated heterocycles. The Labute approximate surface area is 110 Å². The monoisotopic (exact) mass is 289 g/mol. The lowest BCUT2D eigenvalue weighted by atomic mass is 10.1. The van der Waals surface area contributed by atoms with E-state index in [-0.39, 0.29) is 22.5 Å². The van der Waals surface area contributed by atoms with Crippen LogP contribution in [-0.2, 0) is 14.8 Å². The van der Waals surface area contributed by atoms with Crippen molar-refractivity contribution in [2.45, 2.75) is 30.7 Å². The Bertz CT molecular complexity index is 570. The molecule has 106 valence electrons. The summed E-state index contributed by atoms with van der Waals surface area (Å²) < 4.78 is 36.9. The van der Waals surface area contributed by atoms with Crippen LogP contribution in [0, 0.1) is 6.92 Å². The molecule has 19 heavy (non-hydrogen) atoms. The quantitative estimate of drug-likeness (QED) is 0.847. The van der Waals surface area contributed by atoms with Crippen LogP contribution >= 0.6 is 0 Å². The highest BCUT2D eigenvalue weighted by Gasteiger charge is 2.27. The van der Waals surface area contributed by atoms with E-state index < -0.39 is 16.0 Å². The van der Waals surface area contributed by atoms with Gasteiger partial charge in [0.2, 0.25) is 15.8 Å². The van der Waals surface area contributed by atoms with Gasteiger partial charge in [-0.1, -0.05) is 0 Å². The molecule has 1 aromatic heterocycles. The Kier molecular flexibility index (Phi) is 3.93. The first-order valence-corrected chi connectivity index (χ1v) is 7.32. The number of hydrogen-bond acceptors (Lipinski definition) is 5. The molecule has 2 heterocycles. The molecule has 1 aromatic rings. The minimum atomic E-state index is -3.77. The van der Waals surface area contributed by atoms with Crippen molar-refractivity contribution in [1.29, 1.82) is 0 Å². The molecule has 0 aromatic carbocycles. The number of hydrogen-bond donors (Lipinski definition) is 2. The van der Waals surface area contributed by atoms with Gasteiger partial charge in [-0.2, -0.15) is 0 Å². The van der Waals surface area contributed by atoms with Gasteiger partial charge in [-0.15, -0.1) is 0 Å². The predicted molar refractivity (Wildman–Crippen MR) is 64.6 cm³/mol. The van der Waals surface area contributed by atoms with E-state index in [1.165, 1.54) is 6.92 Å². The summed E-state index contributed by atoms with van der Waals surface area (Å²) in [6.07, 6.45) is 1.20. The minimum Gasteiger partial charge on any atom is -0.475 e. The number of carbonyl (C=O) groups is 1. The first kappa shape index (κ1) is 14.0. The van der Waals surface area contributed by atoms with E-state index in [1.54, 1.807) is 0 Å². The Hall–Kier alpha value is -1.38. The summed E-state index contributed by atoms with van der Waals surface area (Å²) in [6.45, 7) is 2.45. The lowest BCUT2D eigenvalue weighted by Crippen LogP contribution is -2.38. The molecule has 1 fully saturated rings. The zero-order chi connectivity index (χ0) is 14.0. The molecule has 0 unspecified atom stereocenters. The predicted octanol–water partition coefficient (Wildman–Crippen LogP) is 0.744. The largest absolute Gasteiger partial charge is 0.475 e. The molecule has 0 aliphatic carbocycles. The van der Waals surface area contributed by atoms with Gasteiger partial charge in [0.15, 0.2) is 0 Å². The standard InChI is InChI=1S/C11H15NO6S/c1-7-10(6-9(18-7)11(13)14)19(15,16)12-8-2-4-17-5-3-8/h6,8,12H,2-5H2,1H3,(H,13,14). The van der Waals surface area contributed by atoms with Gasteiger partial charge in [0.05, 0.1) is 0 Å². The van der Waals surface area contributed by atoms with Gasteiger partial charge in [0, 0.05) is 25.3 Å². The molecule has 7 nitrogen and oxygen atoms in total. The SMILES string of the molecule is Cc1oc(C(=O)O)cc1S(=O)(=O)NC1CCOCC1. The van der Waals surface area contributed by atoms with Gasteiger partial charge in [0.1, 0.15) is 10.7 Å². The van der Waals surface area contributed by atoms with E-state index in [2.05, 4.69) is 4.72 Å². The van der Waals surface area contributed by atoms with Crippen LogP contribution in [0.25, 0.3) is 0 Å². The van der Waals surface area contributed by atoms with Gasteiger partial charge >= 0.3 is 5.97 Å². The normalized spacial score (nSPS) is 17.5.